The highest BCUT2D eigenvalue weighted by Crippen LogP contribution is 1.95. The van der Waals surface area contributed by atoms with E-state index in [9.17, 15) is 4.79 Å². The Labute approximate surface area is 82.5 Å². The fourth-order valence-corrected chi connectivity index (χ4v) is 0.952. The number of ether oxygens (including phenoxy) is 1. The van der Waals surface area contributed by atoms with Gasteiger partial charge in [-0.3, -0.25) is 9.78 Å². The molecule has 4 heteroatoms. The molecule has 1 aromatic rings. The van der Waals surface area contributed by atoms with Crippen LogP contribution in [0.1, 0.15) is 5.69 Å². The van der Waals surface area contributed by atoms with Crippen LogP contribution >= 0.6 is 12.6 Å². The van der Waals surface area contributed by atoms with Crippen LogP contribution in [0, 0.1) is 0 Å². The second-order valence-corrected chi connectivity index (χ2v) is 2.77. The van der Waals surface area contributed by atoms with E-state index < -0.39 is 0 Å². The number of carbonyl (C=O) groups excluding carboxylic acids is 1. The minimum absolute atomic E-state index is 0.127. The van der Waals surface area contributed by atoms with E-state index in [-0.39, 0.29) is 11.7 Å². The number of rotatable bonds is 4. The molecule has 0 radical (unpaired) electrons. The third-order valence-electron chi connectivity index (χ3n) is 1.48. The Morgan fingerprint density at radius 3 is 3.00 bits per heavy atom. The van der Waals surface area contributed by atoms with Crippen LogP contribution in [-0.2, 0) is 16.0 Å². The van der Waals surface area contributed by atoms with E-state index >= 15 is 0 Å². The molecule has 0 aliphatic rings. The van der Waals surface area contributed by atoms with Gasteiger partial charge in [-0.25, -0.2) is 0 Å². The van der Waals surface area contributed by atoms with Crippen molar-refractivity contribution in [2.45, 2.75) is 6.42 Å². The molecular weight excluding hydrogens is 186 g/mol. The molecule has 0 saturated heterocycles. The lowest BCUT2D eigenvalue weighted by Crippen LogP contribution is -2.09. The third kappa shape index (κ3) is 3.94. The summed E-state index contributed by atoms with van der Waals surface area (Å²) >= 11 is 3.79. The predicted octanol–water partition coefficient (Wildman–Crippen LogP) is 1.10. The molecule has 3 nitrogen and oxygen atoms in total. The van der Waals surface area contributed by atoms with Crippen LogP contribution in [0.15, 0.2) is 24.4 Å². The zero-order valence-electron chi connectivity index (χ0n) is 7.14. The molecule has 0 spiro atoms. The number of nitrogens with zero attached hydrogens (tertiary/aromatic N) is 1. The molecule has 0 saturated carbocycles. The Bertz CT molecular complexity index is 264. The maximum Gasteiger partial charge on any atom is 0.315 e. The Morgan fingerprint density at radius 1 is 1.54 bits per heavy atom. The molecule has 0 N–H and O–H groups in total. The van der Waals surface area contributed by atoms with Crippen molar-refractivity contribution < 1.29 is 9.53 Å². The minimum atomic E-state index is -0.292. The van der Waals surface area contributed by atoms with Gasteiger partial charge in [0.1, 0.15) is 0 Å². The zero-order chi connectivity index (χ0) is 9.52. The first kappa shape index (κ1) is 10.1. The van der Waals surface area contributed by atoms with Gasteiger partial charge in [0.05, 0.1) is 12.4 Å². The van der Waals surface area contributed by atoms with Gasteiger partial charge in [-0.1, -0.05) is 6.07 Å². The molecule has 0 aliphatic heterocycles. The predicted molar refractivity (Wildman–Crippen MR) is 52.8 cm³/mol. The maximum absolute atomic E-state index is 10.7. The van der Waals surface area contributed by atoms with E-state index in [1.54, 1.807) is 6.20 Å². The van der Waals surface area contributed by atoms with Crippen LogP contribution in [0.25, 0.3) is 0 Å². The van der Waals surface area contributed by atoms with Crippen molar-refractivity contribution in [1.29, 1.82) is 0 Å². The molecule has 70 valence electrons. The summed E-state index contributed by atoms with van der Waals surface area (Å²) in [6.07, 6.45) is 2.37. The van der Waals surface area contributed by atoms with Gasteiger partial charge in [-0.2, -0.15) is 12.6 Å². The summed E-state index contributed by atoms with van der Waals surface area (Å²) in [4.78, 5) is 14.8. The second-order valence-electron chi connectivity index (χ2n) is 2.45. The first-order chi connectivity index (χ1) is 6.33. The Hall–Kier alpha value is -1.03. The monoisotopic (exact) mass is 197 g/mol. The van der Waals surface area contributed by atoms with Crippen molar-refractivity contribution in [2.24, 2.45) is 0 Å². The topological polar surface area (TPSA) is 39.2 Å². The van der Waals surface area contributed by atoms with Gasteiger partial charge in [-0.15, -0.1) is 0 Å². The van der Waals surface area contributed by atoms with Gasteiger partial charge < -0.3 is 4.74 Å². The minimum Gasteiger partial charge on any atom is -0.465 e. The molecule has 1 aromatic heterocycles. The summed E-state index contributed by atoms with van der Waals surface area (Å²) in [6, 6.07) is 5.65. The third-order valence-corrected chi connectivity index (χ3v) is 1.73. The van der Waals surface area contributed by atoms with E-state index in [2.05, 4.69) is 17.6 Å². The highest BCUT2D eigenvalue weighted by Gasteiger charge is 1.98. The normalized spacial score (nSPS) is 9.62. The average molecular weight is 197 g/mol. The van der Waals surface area contributed by atoms with Gasteiger partial charge in [0.25, 0.3) is 0 Å². The summed E-state index contributed by atoms with van der Waals surface area (Å²) in [6.45, 7) is 0.371. The number of esters is 1. The van der Waals surface area contributed by atoms with Crippen LogP contribution in [0.3, 0.4) is 0 Å². The highest BCUT2D eigenvalue weighted by molar-refractivity contribution is 7.81. The molecule has 0 unspecified atom stereocenters. The molecule has 0 aromatic carbocycles. The lowest BCUT2D eigenvalue weighted by atomic mass is 10.3. The van der Waals surface area contributed by atoms with Crippen LogP contribution in [0.5, 0.6) is 0 Å². The Balaban J connectivity index is 2.24. The lowest BCUT2D eigenvalue weighted by molar-refractivity contribution is -0.140. The van der Waals surface area contributed by atoms with E-state index in [4.69, 9.17) is 4.74 Å². The average Bonchev–Trinajstić information content (AvgIpc) is 2.19. The molecule has 1 heterocycles. The summed E-state index contributed by atoms with van der Waals surface area (Å²) in [5, 5.41) is 0. The molecule has 0 atom stereocenters. The first-order valence-electron chi connectivity index (χ1n) is 3.99. The quantitative estimate of drug-likeness (QED) is 0.580. The summed E-state index contributed by atoms with van der Waals surface area (Å²) in [5.74, 6) is -0.165. The molecule has 13 heavy (non-hydrogen) atoms. The second kappa shape index (κ2) is 5.59. The smallest absolute Gasteiger partial charge is 0.315 e. The SMILES string of the molecule is O=C(CS)OCCc1ccccn1. The van der Waals surface area contributed by atoms with Crippen molar-refractivity contribution >= 4 is 18.6 Å². The lowest BCUT2D eigenvalue weighted by Gasteiger charge is -2.01. The number of hydrogen-bond donors (Lipinski definition) is 1. The molecular formula is C9H11NO2S. The summed E-state index contributed by atoms with van der Waals surface area (Å²) < 4.78 is 4.84. The van der Waals surface area contributed by atoms with Gasteiger partial charge in [-0.05, 0) is 12.1 Å². The van der Waals surface area contributed by atoms with Gasteiger partial charge in [0, 0.05) is 18.3 Å². The van der Waals surface area contributed by atoms with Crippen LogP contribution in [0.2, 0.25) is 0 Å². The van der Waals surface area contributed by atoms with E-state index in [0.29, 0.717) is 13.0 Å². The summed E-state index contributed by atoms with van der Waals surface area (Å²) in [5.41, 5.74) is 0.925. The number of thiol groups is 1. The standard InChI is InChI=1S/C9H11NO2S/c11-9(7-13)12-6-4-8-3-1-2-5-10-8/h1-3,5,13H,4,6-7H2. The summed E-state index contributed by atoms with van der Waals surface area (Å²) in [7, 11) is 0. The molecule has 0 fully saturated rings. The van der Waals surface area contributed by atoms with E-state index in [1.165, 1.54) is 0 Å². The van der Waals surface area contributed by atoms with Crippen LogP contribution < -0.4 is 0 Å². The van der Waals surface area contributed by atoms with E-state index in [0.717, 1.165) is 5.69 Å². The molecule has 0 aliphatic carbocycles. The fourth-order valence-electron chi connectivity index (χ4n) is 0.861. The first-order valence-corrected chi connectivity index (χ1v) is 4.62. The molecule has 0 amide bonds. The van der Waals surface area contributed by atoms with Crippen LogP contribution in [0.4, 0.5) is 0 Å². The number of aromatic nitrogens is 1. The molecule has 0 bridgehead atoms. The number of carbonyl (C=O) groups is 1. The largest absolute Gasteiger partial charge is 0.465 e. The zero-order valence-corrected chi connectivity index (χ0v) is 8.04. The van der Waals surface area contributed by atoms with Crippen molar-refractivity contribution in [1.82, 2.24) is 4.98 Å². The Kier molecular flexibility index (Phi) is 4.32. The van der Waals surface area contributed by atoms with Crippen LogP contribution in [-0.4, -0.2) is 23.3 Å². The fraction of sp³-hybridized carbons (Fsp3) is 0.333. The van der Waals surface area contributed by atoms with Crippen molar-refractivity contribution in [3.05, 3.63) is 30.1 Å². The van der Waals surface area contributed by atoms with E-state index in [1.807, 2.05) is 18.2 Å². The van der Waals surface area contributed by atoms with Crippen molar-refractivity contribution in [3.63, 3.8) is 0 Å². The maximum atomic E-state index is 10.7. The van der Waals surface area contributed by atoms with Gasteiger partial charge >= 0.3 is 5.97 Å². The van der Waals surface area contributed by atoms with Gasteiger partial charge in [0.2, 0.25) is 0 Å². The Morgan fingerprint density at radius 2 is 2.38 bits per heavy atom. The van der Waals surface area contributed by atoms with Crippen molar-refractivity contribution in [2.75, 3.05) is 12.4 Å². The number of pyridine rings is 1. The van der Waals surface area contributed by atoms with Gasteiger partial charge in [0.15, 0.2) is 0 Å². The highest BCUT2D eigenvalue weighted by atomic mass is 32.1. The molecule has 1 rings (SSSR count). The number of hydrogen-bond acceptors (Lipinski definition) is 4. The van der Waals surface area contributed by atoms with Crippen molar-refractivity contribution in [3.8, 4) is 0 Å².